The average molecular weight is 274 g/mol. The first-order valence-corrected chi connectivity index (χ1v) is 7.63. The first kappa shape index (κ1) is 15.0. The van der Waals surface area contributed by atoms with Crippen molar-refractivity contribution in [2.75, 3.05) is 26.2 Å². The molecule has 20 heavy (non-hydrogen) atoms. The number of nitrogens with one attached hydrogen (secondary N) is 1. The second-order valence-corrected chi connectivity index (χ2v) is 5.86. The molecule has 1 amide bonds. The summed E-state index contributed by atoms with van der Waals surface area (Å²) in [5, 5.41) is 3.34. The van der Waals surface area contributed by atoms with Crippen molar-refractivity contribution < 1.29 is 4.79 Å². The molecule has 1 aromatic carbocycles. The monoisotopic (exact) mass is 274 g/mol. The van der Waals surface area contributed by atoms with Gasteiger partial charge in [-0.05, 0) is 56.8 Å². The molecule has 1 N–H and O–H groups in total. The standard InChI is InChI=1S/C17H26N2O/c1-13-11-14(2)16(15(3)12-13)5-6-17(20)19-9-4-7-18-8-10-19/h11-12,18H,4-10H2,1-3H3. The van der Waals surface area contributed by atoms with E-state index in [1.165, 1.54) is 22.3 Å². The maximum Gasteiger partial charge on any atom is 0.222 e. The van der Waals surface area contributed by atoms with Gasteiger partial charge in [0.25, 0.3) is 0 Å². The van der Waals surface area contributed by atoms with Gasteiger partial charge in [0, 0.05) is 26.1 Å². The lowest BCUT2D eigenvalue weighted by molar-refractivity contribution is -0.130. The number of amides is 1. The fourth-order valence-electron chi connectivity index (χ4n) is 3.09. The van der Waals surface area contributed by atoms with Crippen molar-refractivity contribution >= 4 is 5.91 Å². The van der Waals surface area contributed by atoms with Crippen LogP contribution in [0.3, 0.4) is 0 Å². The zero-order chi connectivity index (χ0) is 14.5. The van der Waals surface area contributed by atoms with Gasteiger partial charge < -0.3 is 10.2 Å². The number of carbonyl (C=O) groups is 1. The third-order valence-electron chi connectivity index (χ3n) is 4.12. The van der Waals surface area contributed by atoms with Gasteiger partial charge in [-0.1, -0.05) is 17.7 Å². The van der Waals surface area contributed by atoms with Crippen LogP contribution in [0, 0.1) is 20.8 Å². The lowest BCUT2D eigenvalue weighted by atomic mass is 9.96. The minimum Gasteiger partial charge on any atom is -0.341 e. The number of aryl methyl sites for hydroxylation is 3. The molecule has 0 atom stereocenters. The highest BCUT2D eigenvalue weighted by Gasteiger charge is 2.15. The molecule has 2 rings (SSSR count). The summed E-state index contributed by atoms with van der Waals surface area (Å²) in [6.07, 6.45) is 2.56. The van der Waals surface area contributed by atoms with E-state index in [9.17, 15) is 4.79 Å². The van der Waals surface area contributed by atoms with E-state index >= 15 is 0 Å². The van der Waals surface area contributed by atoms with Crippen molar-refractivity contribution in [1.82, 2.24) is 10.2 Å². The van der Waals surface area contributed by atoms with E-state index in [4.69, 9.17) is 0 Å². The molecular weight excluding hydrogens is 248 g/mol. The molecule has 1 fully saturated rings. The zero-order valence-electron chi connectivity index (χ0n) is 13.0. The highest BCUT2D eigenvalue weighted by atomic mass is 16.2. The largest absolute Gasteiger partial charge is 0.341 e. The van der Waals surface area contributed by atoms with Gasteiger partial charge in [0.15, 0.2) is 0 Å². The van der Waals surface area contributed by atoms with Crippen LogP contribution in [0.4, 0.5) is 0 Å². The average Bonchev–Trinajstić information content (AvgIpc) is 2.66. The third-order valence-corrected chi connectivity index (χ3v) is 4.12. The Balaban J connectivity index is 1.96. The van der Waals surface area contributed by atoms with Gasteiger partial charge >= 0.3 is 0 Å². The maximum atomic E-state index is 12.3. The van der Waals surface area contributed by atoms with E-state index in [1.54, 1.807) is 0 Å². The van der Waals surface area contributed by atoms with Crippen molar-refractivity contribution in [3.8, 4) is 0 Å². The van der Waals surface area contributed by atoms with E-state index in [1.807, 2.05) is 4.90 Å². The van der Waals surface area contributed by atoms with Gasteiger partial charge in [-0.3, -0.25) is 4.79 Å². The molecular formula is C17H26N2O. The van der Waals surface area contributed by atoms with Gasteiger partial charge in [-0.25, -0.2) is 0 Å². The van der Waals surface area contributed by atoms with Crippen LogP contribution in [0.5, 0.6) is 0 Å². The summed E-state index contributed by atoms with van der Waals surface area (Å²) in [5.74, 6) is 0.299. The number of hydrogen-bond donors (Lipinski definition) is 1. The van der Waals surface area contributed by atoms with E-state index in [2.05, 4.69) is 38.2 Å². The van der Waals surface area contributed by atoms with Crippen LogP contribution in [0.1, 0.15) is 35.1 Å². The first-order chi connectivity index (χ1) is 9.58. The quantitative estimate of drug-likeness (QED) is 0.918. The summed E-state index contributed by atoms with van der Waals surface area (Å²) in [5.41, 5.74) is 5.27. The third kappa shape index (κ3) is 3.83. The molecule has 3 nitrogen and oxygen atoms in total. The Bertz CT molecular complexity index is 451. The second-order valence-electron chi connectivity index (χ2n) is 5.86. The Morgan fingerprint density at radius 1 is 1.15 bits per heavy atom. The molecule has 0 spiro atoms. The van der Waals surface area contributed by atoms with Crippen LogP contribution >= 0.6 is 0 Å². The van der Waals surface area contributed by atoms with Gasteiger partial charge in [0.1, 0.15) is 0 Å². The van der Waals surface area contributed by atoms with Crippen molar-refractivity contribution in [2.45, 2.75) is 40.0 Å². The van der Waals surface area contributed by atoms with E-state index < -0.39 is 0 Å². The lowest BCUT2D eigenvalue weighted by Crippen LogP contribution is -2.34. The van der Waals surface area contributed by atoms with Crippen molar-refractivity contribution in [3.63, 3.8) is 0 Å². The second kappa shape index (κ2) is 6.89. The highest BCUT2D eigenvalue weighted by molar-refractivity contribution is 5.76. The number of nitrogens with zero attached hydrogens (tertiary/aromatic N) is 1. The molecule has 1 aliphatic heterocycles. The van der Waals surface area contributed by atoms with Gasteiger partial charge in [-0.15, -0.1) is 0 Å². The van der Waals surface area contributed by atoms with E-state index in [0.717, 1.165) is 39.0 Å². The Morgan fingerprint density at radius 2 is 1.85 bits per heavy atom. The topological polar surface area (TPSA) is 32.3 Å². The molecule has 1 heterocycles. The van der Waals surface area contributed by atoms with Crippen LogP contribution in [0.2, 0.25) is 0 Å². The van der Waals surface area contributed by atoms with Crippen molar-refractivity contribution in [1.29, 1.82) is 0 Å². The van der Waals surface area contributed by atoms with Gasteiger partial charge in [0.2, 0.25) is 5.91 Å². The number of hydrogen-bond acceptors (Lipinski definition) is 2. The first-order valence-electron chi connectivity index (χ1n) is 7.63. The van der Waals surface area contributed by atoms with Crippen LogP contribution < -0.4 is 5.32 Å². The Hall–Kier alpha value is -1.35. The summed E-state index contributed by atoms with van der Waals surface area (Å²) >= 11 is 0. The van der Waals surface area contributed by atoms with Crippen molar-refractivity contribution in [2.24, 2.45) is 0 Å². The van der Waals surface area contributed by atoms with Crippen molar-refractivity contribution in [3.05, 3.63) is 34.4 Å². The molecule has 1 aliphatic rings. The van der Waals surface area contributed by atoms with Gasteiger partial charge in [0.05, 0.1) is 0 Å². The Labute approximate surface area is 122 Å². The zero-order valence-corrected chi connectivity index (χ0v) is 13.0. The summed E-state index contributed by atoms with van der Waals surface area (Å²) in [6.45, 7) is 10.1. The number of benzene rings is 1. The molecule has 3 heteroatoms. The number of rotatable bonds is 3. The fraction of sp³-hybridized carbons (Fsp3) is 0.588. The minimum atomic E-state index is 0.299. The molecule has 1 saturated heterocycles. The number of carbonyl (C=O) groups excluding carboxylic acids is 1. The molecule has 0 aliphatic carbocycles. The predicted octanol–water partition coefficient (Wildman–Crippen LogP) is 2.37. The van der Waals surface area contributed by atoms with Crippen LogP contribution in [0.25, 0.3) is 0 Å². The Morgan fingerprint density at radius 3 is 2.55 bits per heavy atom. The maximum absolute atomic E-state index is 12.3. The van der Waals surface area contributed by atoms with Crippen LogP contribution in [-0.4, -0.2) is 37.0 Å². The molecule has 0 aromatic heterocycles. The smallest absolute Gasteiger partial charge is 0.222 e. The SMILES string of the molecule is Cc1cc(C)c(CCC(=O)N2CCCNCC2)c(C)c1. The van der Waals surface area contributed by atoms with Crippen LogP contribution in [-0.2, 0) is 11.2 Å². The van der Waals surface area contributed by atoms with Crippen LogP contribution in [0.15, 0.2) is 12.1 Å². The molecule has 0 unspecified atom stereocenters. The Kier molecular flexibility index (Phi) is 5.18. The fourth-order valence-corrected chi connectivity index (χ4v) is 3.09. The summed E-state index contributed by atoms with van der Waals surface area (Å²) in [4.78, 5) is 14.3. The lowest BCUT2D eigenvalue weighted by Gasteiger charge is -2.20. The predicted molar refractivity (Wildman–Crippen MR) is 83.0 cm³/mol. The van der Waals surface area contributed by atoms with E-state index in [-0.39, 0.29) is 0 Å². The highest BCUT2D eigenvalue weighted by Crippen LogP contribution is 2.18. The molecule has 0 saturated carbocycles. The van der Waals surface area contributed by atoms with E-state index in [0.29, 0.717) is 12.3 Å². The summed E-state index contributed by atoms with van der Waals surface area (Å²) in [6, 6.07) is 4.42. The molecule has 0 bridgehead atoms. The summed E-state index contributed by atoms with van der Waals surface area (Å²) in [7, 11) is 0. The normalized spacial score (nSPS) is 16.1. The van der Waals surface area contributed by atoms with Gasteiger partial charge in [-0.2, -0.15) is 0 Å². The minimum absolute atomic E-state index is 0.299. The molecule has 110 valence electrons. The molecule has 0 radical (unpaired) electrons. The summed E-state index contributed by atoms with van der Waals surface area (Å²) < 4.78 is 0. The molecule has 1 aromatic rings.